The molecular formula is C13H22F3NO2. The molecule has 6 heteroatoms. The van der Waals surface area contributed by atoms with Crippen molar-refractivity contribution in [2.75, 3.05) is 26.8 Å². The van der Waals surface area contributed by atoms with Gasteiger partial charge in [0, 0.05) is 18.0 Å². The van der Waals surface area contributed by atoms with Crippen LogP contribution in [0.2, 0.25) is 0 Å². The molecular weight excluding hydrogens is 259 g/mol. The van der Waals surface area contributed by atoms with Gasteiger partial charge in [0.1, 0.15) is 0 Å². The van der Waals surface area contributed by atoms with Gasteiger partial charge in [-0.15, -0.1) is 0 Å². The average molecular weight is 281 g/mol. The number of rotatable bonds is 3. The van der Waals surface area contributed by atoms with Gasteiger partial charge < -0.3 is 14.7 Å². The third kappa shape index (κ3) is 3.41. The fraction of sp³-hybridized carbons (Fsp3) is 1.00. The second kappa shape index (κ2) is 5.22. The smallest absolute Gasteiger partial charge is 0.393 e. The number of aliphatic hydroxyl groups excluding tert-OH is 1. The summed E-state index contributed by atoms with van der Waals surface area (Å²) in [7, 11) is 1.73. The maximum atomic E-state index is 13.1. The van der Waals surface area contributed by atoms with Crippen molar-refractivity contribution >= 4 is 0 Å². The summed E-state index contributed by atoms with van der Waals surface area (Å²) in [5.74, 6) is -1.33. The number of hydrogen-bond donors (Lipinski definition) is 1. The van der Waals surface area contributed by atoms with Gasteiger partial charge in [0.05, 0.1) is 25.2 Å². The van der Waals surface area contributed by atoms with Gasteiger partial charge in [0.15, 0.2) is 0 Å². The molecule has 1 heterocycles. The lowest BCUT2D eigenvalue weighted by Gasteiger charge is -2.46. The third-order valence-corrected chi connectivity index (χ3v) is 4.31. The van der Waals surface area contributed by atoms with Crippen LogP contribution in [0.25, 0.3) is 0 Å². The Morgan fingerprint density at radius 2 is 1.95 bits per heavy atom. The molecule has 1 aliphatic heterocycles. The van der Waals surface area contributed by atoms with E-state index >= 15 is 0 Å². The van der Waals surface area contributed by atoms with E-state index in [-0.39, 0.29) is 24.7 Å². The summed E-state index contributed by atoms with van der Waals surface area (Å²) in [5.41, 5.74) is -0.0483. The van der Waals surface area contributed by atoms with Crippen LogP contribution < -0.4 is 0 Å². The SMILES string of the molecule is CN(CC1(C)COC1)C1CC(O)CCC1C(F)(F)F. The molecule has 3 atom stereocenters. The molecule has 0 aromatic rings. The number of alkyl halides is 3. The van der Waals surface area contributed by atoms with E-state index in [0.717, 1.165) is 0 Å². The summed E-state index contributed by atoms with van der Waals surface area (Å²) in [6, 6.07) is -0.624. The zero-order valence-corrected chi connectivity index (χ0v) is 11.4. The molecule has 2 fully saturated rings. The van der Waals surface area contributed by atoms with Gasteiger partial charge in [-0.05, 0) is 26.3 Å². The Hall–Kier alpha value is -0.330. The van der Waals surface area contributed by atoms with Gasteiger partial charge in [-0.3, -0.25) is 0 Å². The Kier molecular flexibility index (Phi) is 4.14. The minimum atomic E-state index is -4.18. The van der Waals surface area contributed by atoms with Gasteiger partial charge in [0.25, 0.3) is 0 Å². The predicted octanol–water partition coefficient (Wildman–Crippen LogP) is 2.05. The minimum Gasteiger partial charge on any atom is -0.393 e. The highest BCUT2D eigenvalue weighted by atomic mass is 19.4. The zero-order valence-electron chi connectivity index (χ0n) is 11.4. The molecule has 0 radical (unpaired) electrons. The largest absolute Gasteiger partial charge is 0.393 e. The number of halogens is 3. The van der Waals surface area contributed by atoms with Crippen molar-refractivity contribution in [1.82, 2.24) is 4.90 Å². The highest BCUT2D eigenvalue weighted by Gasteiger charge is 2.49. The van der Waals surface area contributed by atoms with Crippen LogP contribution in [0, 0.1) is 11.3 Å². The molecule has 0 aromatic carbocycles. The number of nitrogens with zero attached hydrogens (tertiary/aromatic N) is 1. The Labute approximate surface area is 111 Å². The second-order valence-electron chi connectivity index (χ2n) is 6.40. The predicted molar refractivity (Wildman–Crippen MR) is 64.7 cm³/mol. The van der Waals surface area contributed by atoms with Crippen LogP contribution in [0.4, 0.5) is 13.2 Å². The van der Waals surface area contributed by atoms with Crippen LogP contribution in [-0.4, -0.2) is 55.1 Å². The lowest BCUT2D eigenvalue weighted by molar-refractivity contribution is -0.208. The van der Waals surface area contributed by atoms with Gasteiger partial charge in [-0.1, -0.05) is 6.92 Å². The summed E-state index contributed by atoms with van der Waals surface area (Å²) in [6.45, 7) is 3.80. The standard InChI is InChI=1S/C13H22F3NO2/c1-12(7-19-8-12)6-17(2)11-5-9(18)3-4-10(11)13(14,15)16/h9-11,18H,3-8H2,1-2H3. The summed E-state index contributed by atoms with van der Waals surface area (Å²) >= 11 is 0. The minimum absolute atomic E-state index is 0.0207. The maximum absolute atomic E-state index is 13.1. The Bertz CT molecular complexity index is 318. The van der Waals surface area contributed by atoms with Gasteiger partial charge in [-0.25, -0.2) is 0 Å². The first-order chi connectivity index (χ1) is 8.71. The van der Waals surface area contributed by atoms with Crippen molar-refractivity contribution < 1.29 is 23.0 Å². The lowest BCUT2D eigenvalue weighted by Crippen LogP contribution is -2.55. The summed E-state index contributed by atoms with van der Waals surface area (Å²) in [6.07, 6.45) is -4.33. The van der Waals surface area contributed by atoms with Crippen molar-refractivity contribution in [2.45, 2.75) is 44.5 Å². The number of hydrogen-bond acceptors (Lipinski definition) is 3. The number of aliphatic hydroxyl groups is 1. The van der Waals surface area contributed by atoms with Gasteiger partial charge in [0.2, 0.25) is 0 Å². The van der Waals surface area contributed by atoms with Crippen molar-refractivity contribution in [3.05, 3.63) is 0 Å². The highest BCUT2D eigenvalue weighted by Crippen LogP contribution is 2.41. The van der Waals surface area contributed by atoms with Crippen LogP contribution >= 0.6 is 0 Å². The van der Waals surface area contributed by atoms with Crippen molar-refractivity contribution in [1.29, 1.82) is 0 Å². The highest BCUT2D eigenvalue weighted by molar-refractivity contribution is 4.92. The van der Waals surface area contributed by atoms with E-state index in [1.165, 1.54) is 0 Å². The monoisotopic (exact) mass is 281 g/mol. The molecule has 2 rings (SSSR count). The maximum Gasteiger partial charge on any atom is 0.393 e. The summed E-state index contributed by atoms with van der Waals surface area (Å²) in [5, 5.41) is 9.66. The summed E-state index contributed by atoms with van der Waals surface area (Å²) < 4.78 is 44.4. The molecule has 1 saturated carbocycles. The molecule has 112 valence electrons. The molecule has 0 spiro atoms. The molecule has 3 nitrogen and oxygen atoms in total. The molecule has 1 aliphatic carbocycles. The summed E-state index contributed by atoms with van der Waals surface area (Å²) in [4.78, 5) is 1.77. The lowest BCUT2D eigenvalue weighted by atomic mass is 9.80. The average Bonchev–Trinajstić information content (AvgIpc) is 2.25. The van der Waals surface area contributed by atoms with Crippen molar-refractivity contribution in [3.8, 4) is 0 Å². The topological polar surface area (TPSA) is 32.7 Å². The molecule has 1 saturated heterocycles. The number of ether oxygens (including phenoxy) is 1. The first-order valence-corrected chi connectivity index (χ1v) is 6.74. The Balaban J connectivity index is 2.04. The fourth-order valence-corrected chi connectivity index (χ4v) is 3.26. The Morgan fingerprint density at radius 3 is 2.42 bits per heavy atom. The third-order valence-electron chi connectivity index (χ3n) is 4.31. The van der Waals surface area contributed by atoms with Gasteiger partial charge in [-0.2, -0.15) is 13.2 Å². The van der Waals surface area contributed by atoms with E-state index in [9.17, 15) is 18.3 Å². The van der Waals surface area contributed by atoms with E-state index in [1.54, 1.807) is 11.9 Å². The van der Waals surface area contributed by atoms with Crippen molar-refractivity contribution in [3.63, 3.8) is 0 Å². The van der Waals surface area contributed by atoms with E-state index < -0.39 is 24.2 Å². The molecule has 0 amide bonds. The molecule has 3 unspecified atom stereocenters. The van der Waals surface area contributed by atoms with E-state index in [1.807, 2.05) is 6.92 Å². The molecule has 0 bridgehead atoms. The first-order valence-electron chi connectivity index (χ1n) is 6.74. The van der Waals surface area contributed by atoms with Crippen LogP contribution in [0.1, 0.15) is 26.2 Å². The zero-order chi connectivity index (χ0) is 14.3. The van der Waals surface area contributed by atoms with Crippen LogP contribution in [-0.2, 0) is 4.74 Å². The van der Waals surface area contributed by atoms with E-state index in [2.05, 4.69) is 0 Å². The van der Waals surface area contributed by atoms with Crippen LogP contribution in [0.5, 0.6) is 0 Å². The Morgan fingerprint density at radius 1 is 1.32 bits per heavy atom. The quantitative estimate of drug-likeness (QED) is 0.859. The van der Waals surface area contributed by atoms with Gasteiger partial charge >= 0.3 is 6.18 Å². The second-order valence-corrected chi connectivity index (χ2v) is 6.40. The van der Waals surface area contributed by atoms with Crippen LogP contribution in [0.15, 0.2) is 0 Å². The molecule has 19 heavy (non-hydrogen) atoms. The van der Waals surface area contributed by atoms with E-state index in [0.29, 0.717) is 19.8 Å². The van der Waals surface area contributed by atoms with Crippen LogP contribution in [0.3, 0.4) is 0 Å². The molecule has 0 aromatic heterocycles. The molecule has 2 aliphatic rings. The van der Waals surface area contributed by atoms with Crippen molar-refractivity contribution in [2.24, 2.45) is 11.3 Å². The van der Waals surface area contributed by atoms with E-state index in [4.69, 9.17) is 4.74 Å². The first kappa shape index (κ1) is 15.1. The molecule has 1 N–H and O–H groups in total. The normalized spacial score (nSPS) is 35.2. The fourth-order valence-electron chi connectivity index (χ4n) is 3.26.